The largest absolute Gasteiger partial charge is 0.123 e. The van der Waals surface area contributed by atoms with Crippen molar-refractivity contribution >= 4 is 34.8 Å². The molecule has 0 saturated heterocycles. The van der Waals surface area contributed by atoms with Gasteiger partial charge in [-0.05, 0) is 37.3 Å². The van der Waals surface area contributed by atoms with Gasteiger partial charge in [-0.15, -0.1) is 11.6 Å². The first kappa shape index (κ1) is 13.2. The van der Waals surface area contributed by atoms with E-state index in [0.29, 0.717) is 16.0 Å². The minimum Gasteiger partial charge on any atom is -0.123 e. The Morgan fingerprint density at radius 1 is 1.20 bits per heavy atom. The van der Waals surface area contributed by atoms with Crippen LogP contribution in [0.3, 0.4) is 0 Å². The van der Waals surface area contributed by atoms with Gasteiger partial charge in [-0.3, -0.25) is 0 Å². The van der Waals surface area contributed by atoms with Crippen LogP contribution in [0, 0.1) is 5.92 Å². The molecule has 0 N–H and O–H groups in total. The number of hydrogen-bond acceptors (Lipinski definition) is 0. The summed E-state index contributed by atoms with van der Waals surface area (Å²) in [6.45, 7) is 4.19. The molecule has 1 rings (SSSR count). The molecular weight excluding hydrogens is 250 g/mol. The van der Waals surface area contributed by atoms with Crippen LogP contribution in [0.4, 0.5) is 0 Å². The molecule has 84 valence electrons. The fourth-order valence-electron chi connectivity index (χ4n) is 1.72. The van der Waals surface area contributed by atoms with Crippen LogP contribution < -0.4 is 0 Å². The van der Waals surface area contributed by atoms with E-state index in [0.717, 1.165) is 18.4 Å². The van der Waals surface area contributed by atoms with Crippen molar-refractivity contribution in [3.05, 3.63) is 33.8 Å². The second-order valence-electron chi connectivity index (χ2n) is 4.04. The van der Waals surface area contributed by atoms with E-state index < -0.39 is 0 Å². The maximum Gasteiger partial charge on any atom is 0.0624 e. The lowest BCUT2D eigenvalue weighted by atomic mass is 9.97. The molecule has 0 radical (unpaired) electrons. The molecule has 15 heavy (non-hydrogen) atoms. The number of alkyl halides is 1. The normalized spacial score (nSPS) is 15.0. The number of benzene rings is 1. The third kappa shape index (κ3) is 4.22. The summed E-state index contributed by atoms with van der Waals surface area (Å²) < 4.78 is 0. The van der Waals surface area contributed by atoms with Crippen molar-refractivity contribution in [3.63, 3.8) is 0 Å². The van der Waals surface area contributed by atoms with Crippen molar-refractivity contribution in [2.24, 2.45) is 5.92 Å². The average Bonchev–Trinajstić information content (AvgIpc) is 2.11. The highest BCUT2D eigenvalue weighted by molar-refractivity contribution is 6.42. The summed E-state index contributed by atoms with van der Waals surface area (Å²) in [4.78, 5) is 0. The lowest BCUT2D eigenvalue weighted by Gasteiger charge is -2.14. The molecule has 1 aromatic rings. The molecule has 0 heterocycles. The van der Waals surface area contributed by atoms with Gasteiger partial charge in [-0.1, -0.05) is 42.3 Å². The van der Waals surface area contributed by atoms with Gasteiger partial charge in [-0.25, -0.2) is 0 Å². The van der Waals surface area contributed by atoms with Crippen molar-refractivity contribution in [3.8, 4) is 0 Å². The van der Waals surface area contributed by atoms with Gasteiger partial charge in [0.2, 0.25) is 0 Å². The molecule has 2 unspecified atom stereocenters. The smallest absolute Gasteiger partial charge is 0.0624 e. The van der Waals surface area contributed by atoms with Crippen LogP contribution in [-0.2, 0) is 6.42 Å². The molecule has 0 aromatic heterocycles. The van der Waals surface area contributed by atoms with Crippen LogP contribution in [0.25, 0.3) is 0 Å². The van der Waals surface area contributed by atoms with Gasteiger partial charge in [0.25, 0.3) is 0 Å². The van der Waals surface area contributed by atoms with Crippen molar-refractivity contribution in [1.29, 1.82) is 0 Å². The van der Waals surface area contributed by atoms with Crippen LogP contribution in [0.2, 0.25) is 10.0 Å². The zero-order valence-electron chi connectivity index (χ0n) is 8.93. The van der Waals surface area contributed by atoms with Crippen LogP contribution in [0.5, 0.6) is 0 Å². The number of hydrogen-bond donors (Lipinski definition) is 0. The first-order valence-corrected chi connectivity index (χ1v) is 6.27. The molecule has 2 atom stereocenters. The molecule has 0 amide bonds. The zero-order valence-corrected chi connectivity index (χ0v) is 11.2. The minimum atomic E-state index is 0.206. The second-order valence-corrected chi connectivity index (χ2v) is 5.57. The molecule has 1 aromatic carbocycles. The number of rotatable bonds is 4. The Labute approximate surface area is 107 Å². The highest BCUT2D eigenvalue weighted by Gasteiger charge is 2.10. The average molecular weight is 266 g/mol. The van der Waals surface area contributed by atoms with Crippen molar-refractivity contribution in [1.82, 2.24) is 0 Å². The summed E-state index contributed by atoms with van der Waals surface area (Å²) in [6.07, 6.45) is 1.92. The van der Waals surface area contributed by atoms with Crippen LogP contribution >= 0.6 is 34.8 Å². The predicted octanol–water partition coefficient (Wildman–Crippen LogP) is 5.19. The van der Waals surface area contributed by atoms with E-state index in [1.807, 2.05) is 25.1 Å². The van der Waals surface area contributed by atoms with E-state index in [9.17, 15) is 0 Å². The monoisotopic (exact) mass is 264 g/mol. The topological polar surface area (TPSA) is 0 Å². The molecule has 0 saturated carbocycles. The Bertz CT molecular complexity index is 321. The molecule has 3 heteroatoms. The Balaban J connectivity index is 2.68. The minimum absolute atomic E-state index is 0.206. The molecule has 0 aliphatic heterocycles. The van der Waals surface area contributed by atoms with Crippen LogP contribution in [0.15, 0.2) is 18.2 Å². The lowest BCUT2D eigenvalue weighted by molar-refractivity contribution is 0.526. The summed E-state index contributed by atoms with van der Waals surface area (Å²) in [5.41, 5.74) is 1.11. The summed E-state index contributed by atoms with van der Waals surface area (Å²) in [6, 6.07) is 5.76. The van der Waals surface area contributed by atoms with Crippen molar-refractivity contribution in [2.75, 3.05) is 0 Å². The first-order chi connectivity index (χ1) is 7.00. The van der Waals surface area contributed by atoms with Gasteiger partial charge < -0.3 is 0 Å². The Hall–Kier alpha value is 0.0900. The fourth-order valence-corrected chi connectivity index (χ4v) is 2.42. The maximum atomic E-state index is 6.11. The number of halogens is 3. The van der Waals surface area contributed by atoms with Gasteiger partial charge in [0.05, 0.1) is 10.0 Å². The predicted molar refractivity (Wildman–Crippen MR) is 69.3 cm³/mol. The standard InChI is InChI=1S/C12H15Cl3/c1-8(6-9(2)13)7-10-4-3-5-11(14)12(10)15/h3-5,8-9H,6-7H2,1-2H3. The maximum absolute atomic E-state index is 6.11. The Kier molecular flexibility index (Phi) is 5.25. The van der Waals surface area contributed by atoms with E-state index in [1.165, 1.54) is 0 Å². The SMILES string of the molecule is CC(Cl)CC(C)Cc1cccc(Cl)c1Cl. The van der Waals surface area contributed by atoms with Crippen LogP contribution in [0.1, 0.15) is 25.8 Å². The molecule has 0 aliphatic carbocycles. The Morgan fingerprint density at radius 2 is 1.87 bits per heavy atom. The fraction of sp³-hybridized carbons (Fsp3) is 0.500. The van der Waals surface area contributed by atoms with E-state index in [2.05, 4.69) is 6.92 Å². The molecule has 0 aliphatic rings. The highest BCUT2D eigenvalue weighted by atomic mass is 35.5. The van der Waals surface area contributed by atoms with Gasteiger partial charge >= 0.3 is 0 Å². The molecule has 0 nitrogen and oxygen atoms in total. The molecule has 0 fully saturated rings. The molecular formula is C12H15Cl3. The van der Waals surface area contributed by atoms with E-state index >= 15 is 0 Å². The van der Waals surface area contributed by atoms with Gasteiger partial charge in [0.15, 0.2) is 0 Å². The van der Waals surface area contributed by atoms with Crippen molar-refractivity contribution < 1.29 is 0 Å². The van der Waals surface area contributed by atoms with E-state index in [4.69, 9.17) is 34.8 Å². The van der Waals surface area contributed by atoms with E-state index in [-0.39, 0.29) is 5.38 Å². The third-order valence-corrected chi connectivity index (χ3v) is 3.36. The molecule has 0 spiro atoms. The highest BCUT2D eigenvalue weighted by Crippen LogP contribution is 2.28. The van der Waals surface area contributed by atoms with Crippen LogP contribution in [-0.4, -0.2) is 5.38 Å². The van der Waals surface area contributed by atoms with Crippen molar-refractivity contribution in [2.45, 2.75) is 32.1 Å². The van der Waals surface area contributed by atoms with E-state index in [1.54, 1.807) is 0 Å². The quantitative estimate of drug-likeness (QED) is 0.657. The summed E-state index contributed by atoms with van der Waals surface area (Å²) >= 11 is 18.0. The van der Waals surface area contributed by atoms with Gasteiger partial charge in [0.1, 0.15) is 0 Å². The zero-order chi connectivity index (χ0) is 11.4. The summed E-state index contributed by atoms with van der Waals surface area (Å²) in [5.74, 6) is 0.522. The summed E-state index contributed by atoms with van der Waals surface area (Å²) in [7, 11) is 0. The molecule has 0 bridgehead atoms. The third-order valence-electron chi connectivity index (χ3n) is 2.33. The van der Waals surface area contributed by atoms with Gasteiger partial charge in [-0.2, -0.15) is 0 Å². The first-order valence-electron chi connectivity index (χ1n) is 5.07. The summed E-state index contributed by atoms with van der Waals surface area (Å²) in [5, 5.41) is 1.51. The second kappa shape index (κ2) is 5.98. The van der Waals surface area contributed by atoms with Gasteiger partial charge in [0, 0.05) is 5.38 Å². The lowest BCUT2D eigenvalue weighted by Crippen LogP contribution is -2.05. The Morgan fingerprint density at radius 3 is 2.47 bits per heavy atom.